The first-order valence-corrected chi connectivity index (χ1v) is 9.12. The molecule has 0 spiro atoms. The molecule has 0 fully saturated rings. The van der Waals surface area contributed by atoms with Crippen molar-refractivity contribution in [2.45, 2.75) is 26.2 Å². The van der Waals surface area contributed by atoms with Crippen molar-refractivity contribution in [3.05, 3.63) is 39.8 Å². The lowest BCUT2D eigenvalue weighted by molar-refractivity contribution is -0.132. The van der Waals surface area contributed by atoms with Gasteiger partial charge in [0, 0.05) is 18.2 Å². The van der Waals surface area contributed by atoms with Crippen LogP contribution in [0.1, 0.15) is 30.2 Å². The van der Waals surface area contributed by atoms with Gasteiger partial charge in [-0.05, 0) is 55.2 Å². The summed E-state index contributed by atoms with van der Waals surface area (Å²) in [5.74, 6) is 0.921. The molecule has 0 unspecified atom stereocenters. The zero-order valence-corrected chi connectivity index (χ0v) is 16.2. The van der Waals surface area contributed by atoms with Gasteiger partial charge in [-0.3, -0.25) is 9.89 Å². The van der Waals surface area contributed by atoms with E-state index in [-0.39, 0.29) is 0 Å². The van der Waals surface area contributed by atoms with Gasteiger partial charge in [0.15, 0.2) is 11.5 Å². The normalized spacial score (nSPS) is 13.1. The van der Waals surface area contributed by atoms with Crippen molar-refractivity contribution in [2.24, 2.45) is 5.10 Å². The molecule has 0 saturated carbocycles. The molecular formula is C18H18N6O3S. The molecule has 144 valence electrons. The van der Waals surface area contributed by atoms with Crippen LogP contribution in [-0.4, -0.2) is 44.4 Å². The number of aromatic amines is 2. The Morgan fingerprint density at radius 2 is 2.14 bits per heavy atom. The number of hydrogen-bond donors (Lipinski definition) is 2. The van der Waals surface area contributed by atoms with Crippen LogP contribution in [0.5, 0.6) is 11.5 Å². The predicted molar refractivity (Wildman–Crippen MR) is 104 cm³/mol. The largest absolute Gasteiger partial charge is 0.493 e. The number of aryl methyl sites for hydroxylation is 1. The number of nitrogens with zero attached hydrogens (tertiary/aromatic N) is 4. The van der Waals surface area contributed by atoms with Crippen LogP contribution in [0.25, 0.3) is 11.5 Å². The van der Waals surface area contributed by atoms with Gasteiger partial charge in [-0.1, -0.05) is 0 Å². The number of benzene rings is 1. The highest BCUT2D eigenvalue weighted by molar-refractivity contribution is 7.71. The van der Waals surface area contributed by atoms with Crippen LogP contribution in [-0.2, 0) is 17.6 Å². The molecule has 2 N–H and O–H groups in total. The summed E-state index contributed by atoms with van der Waals surface area (Å²) in [5.41, 5.74) is 3.82. The molecule has 9 nitrogen and oxygen atoms in total. The second kappa shape index (κ2) is 7.39. The lowest BCUT2D eigenvalue weighted by atomic mass is 10.2. The predicted octanol–water partition coefficient (Wildman–Crippen LogP) is 2.64. The van der Waals surface area contributed by atoms with E-state index in [1.54, 1.807) is 24.4 Å². The minimum absolute atomic E-state index is 0.347. The van der Waals surface area contributed by atoms with Gasteiger partial charge in [0.2, 0.25) is 10.6 Å². The van der Waals surface area contributed by atoms with Crippen LogP contribution in [0.4, 0.5) is 0 Å². The monoisotopic (exact) mass is 398 g/mol. The van der Waals surface area contributed by atoms with Gasteiger partial charge in [-0.15, -0.1) is 0 Å². The summed E-state index contributed by atoms with van der Waals surface area (Å²) in [4.78, 5) is 11.2. The average Bonchev–Trinajstić information content (AvgIpc) is 3.36. The Bertz CT molecular complexity index is 1130. The first-order valence-electron chi connectivity index (χ1n) is 8.71. The third-order valence-electron chi connectivity index (χ3n) is 4.43. The van der Waals surface area contributed by atoms with Gasteiger partial charge in [-0.25, -0.2) is 5.10 Å². The quantitative estimate of drug-likeness (QED) is 0.296. The molecule has 0 saturated heterocycles. The summed E-state index contributed by atoms with van der Waals surface area (Å²) >= 11 is 5.32. The van der Waals surface area contributed by atoms with E-state index in [9.17, 15) is 4.79 Å². The fourth-order valence-corrected chi connectivity index (χ4v) is 3.36. The SMILES string of the molecule is COc1cc(/C=N/n2c(-c3n[nH]c4c3CCC4)n[nH]c2=S)ccc1OC(C)=O. The first-order chi connectivity index (χ1) is 13.6. The minimum Gasteiger partial charge on any atom is -0.493 e. The summed E-state index contributed by atoms with van der Waals surface area (Å²) in [5, 5.41) is 19.0. The highest BCUT2D eigenvalue weighted by Gasteiger charge is 2.23. The number of aromatic nitrogens is 5. The molecule has 10 heteroatoms. The van der Waals surface area contributed by atoms with E-state index in [0.717, 1.165) is 41.8 Å². The number of ether oxygens (including phenoxy) is 2. The second-order valence-electron chi connectivity index (χ2n) is 6.30. The molecule has 1 aromatic carbocycles. The van der Waals surface area contributed by atoms with Crippen molar-refractivity contribution in [1.29, 1.82) is 0 Å². The molecule has 0 atom stereocenters. The molecule has 28 heavy (non-hydrogen) atoms. The summed E-state index contributed by atoms with van der Waals surface area (Å²) < 4.78 is 12.3. The molecule has 4 rings (SSSR count). The zero-order valence-electron chi connectivity index (χ0n) is 15.4. The maximum Gasteiger partial charge on any atom is 0.308 e. The van der Waals surface area contributed by atoms with Crippen LogP contribution in [0.15, 0.2) is 23.3 Å². The number of hydrogen-bond acceptors (Lipinski definition) is 7. The number of nitrogens with one attached hydrogen (secondary N) is 2. The first kappa shape index (κ1) is 18.1. The highest BCUT2D eigenvalue weighted by atomic mass is 32.1. The van der Waals surface area contributed by atoms with Crippen molar-refractivity contribution < 1.29 is 14.3 Å². The number of fused-ring (bicyclic) bond motifs is 1. The molecule has 2 aromatic heterocycles. The third-order valence-corrected chi connectivity index (χ3v) is 4.70. The number of methoxy groups -OCH3 is 1. The maximum absolute atomic E-state index is 11.2. The number of carbonyl (C=O) groups is 1. The number of H-pyrrole nitrogens is 2. The van der Waals surface area contributed by atoms with Crippen LogP contribution in [0.3, 0.4) is 0 Å². The van der Waals surface area contributed by atoms with Gasteiger partial charge >= 0.3 is 5.97 Å². The molecule has 0 bridgehead atoms. The van der Waals surface area contributed by atoms with Crippen LogP contribution < -0.4 is 9.47 Å². The Hall–Kier alpha value is -3.27. The van der Waals surface area contributed by atoms with Gasteiger partial charge in [0.25, 0.3) is 0 Å². The lowest BCUT2D eigenvalue weighted by Gasteiger charge is -2.08. The molecule has 3 aromatic rings. The van der Waals surface area contributed by atoms with Crippen molar-refractivity contribution >= 4 is 24.4 Å². The van der Waals surface area contributed by atoms with Crippen molar-refractivity contribution in [2.75, 3.05) is 7.11 Å². The van der Waals surface area contributed by atoms with Crippen molar-refractivity contribution in [3.8, 4) is 23.0 Å². The van der Waals surface area contributed by atoms with E-state index >= 15 is 0 Å². The molecule has 1 aliphatic carbocycles. The summed E-state index contributed by atoms with van der Waals surface area (Å²) in [6, 6.07) is 5.13. The lowest BCUT2D eigenvalue weighted by Crippen LogP contribution is -2.03. The Kier molecular flexibility index (Phi) is 4.78. The van der Waals surface area contributed by atoms with Gasteiger partial charge in [0.05, 0.1) is 13.3 Å². The van der Waals surface area contributed by atoms with E-state index < -0.39 is 5.97 Å². The Labute approximate surface area is 165 Å². The highest BCUT2D eigenvalue weighted by Crippen LogP contribution is 2.30. The van der Waals surface area contributed by atoms with E-state index in [1.807, 2.05) is 0 Å². The number of carbonyl (C=O) groups excluding carboxylic acids is 1. The third kappa shape index (κ3) is 3.33. The Balaban J connectivity index is 1.67. The maximum atomic E-state index is 11.2. The summed E-state index contributed by atoms with van der Waals surface area (Å²) in [7, 11) is 1.51. The van der Waals surface area contributed by atoms with Crippen molar-refractivity contribution in [1.82, 2.24) is 25.1 Å². The molecular weight excluding hydrogens is 380 g/mol. The second-order valence-corrected chi connectivity index (χ2v) is 6.68. The van der Waals surface area contributed by atoms with Gasteiger partial charge in [-0.2, -0.15) is 20.0 Å². The number of rotatable bonds is 5. The summed E-state index contributed by atoms with van der Waals surface area (Å²) in [6.45, 7) is 1.34. The van der Waals surface area contributed by atoms with Crippen LogP contribution in [0.2, 0.25) is 0 Å². The van der Waals surface area contributed by atoms with Gasteiger partial charge in [0.1, 0.15) is 5.69 Å². The smallest absolute Gasteiger partial charge is 0.308 e. The van der Waals surface area contributed by atoms with Crippen LogP contribution in [0, 0.1) is 4.77 Å². The Morgan fingerprint density at radius 3 is 2.93 bits per heavy atom. The topological polar surface area (TPSA) is 110 Å². The fraction of sp³-hybridized carbons (Fsp3) is 0.278. The van der Waals surface area contributed by atoms with E-state index in [2.05, 4.69) is 25.5 Å². The molecule has 0 aliphatic heterocycles. The standard InChI is InChI=1S/C18H18N6O3S/c1-10(25)27-14-7-6-11(8-15(14)26-2)9-19-24-17(22-23-18(24)28)16-12-4-3-5-13(12)20-21-16/h6-9H,3-5H2,1-2H3,(H,20,21)(H,23,28)/b19-9+. The van der Waals surface area contributed by atoms with E-state index in [0.29, 0.717) is 22.1 Å². The van der Waals surface area contributed by atoms with E-state index in [4.69, 9.17) is 21.7 Å². The fourth-order valence-electron chi connectivity index (χ4n) is 3.18. The average molecular weight is 398 g/mol. The van der Waals surface area contributed by atoms with Gasteiger partial charge < -0.3 is 9.47 Å². The molecule has 0 radical (unpaired) electrons. The Morgan fingerprint density at radius 1 is 1.29 bits per heavy atom. The minimum atomic E-state index is -0.416. The summed E-state index contributed by atoms with van der Waals surface area (Å²) in [6.07, 6.45) is 4.67. The van der Waals surface area contributed by atoms with Crippen LogP contribution >= 0.6 is 12.2 Å². The number of esters is 1. The molecule has 0 amide bonds. The molecule has 1 aliphatic rings. The van der Waals surface area contributed by atoms with E-state index in [1.165, 1.54) is 18.7 Å². The molecule has 2 heterocycles. The zero-order chi connectivity index (χ0) is 19.7. The van der Waals surface area contributed by atoms with Crippen molar-refractivity contribution in [3.63, 3.8) is 0 Å².